The van der Waals surface area contributed by atoms with Crippen LogP contribution in [0.3, 0.4) is 0 Å². The molecule has 0 bridgehead atoms. The number of carbonyl (C=O) groups excluding carboxylic acids is 1. The average Bonchev–Trinajstić information content (AvgIpc) is 3.16. The molecule has 1 aliphatic heterocycles. The lowest BCUT2D eigenvalue weighted by Gasteiger charge is -2.36. The van der Waals surface area contributed by atoms with E-state index in [0.717, 1.165) is 35.4 Å². The van der Waals surface area contributed by atoms with Gasteiger partial charge in [-0.1, -0.05) is 39.0 Å². The van der Waals surface area contributed by atoms with Gasteiger partial charge in [-0.2, -0.15) is 0 Å². The maximum Gasteiger partial charge on any atom is 0.410 e. The summed E-state index contributed by atoms with van der Waals surface area (Å²) in [6.45, 7) is 15.0. The number of amides is 1. The molecule has 32 heavy (non-hydrogen) atoms. The first kappa shape index (κ1) is 22.2. The molecule has 1 fully saturated rings. The third-order valence-corrected chi connectivity index (χ3v) is 5.67. The minimum absolute atomic E-state index is 0.106. The Kier molecular flexibility index (Phi) is 5.65. The van der Waals surface area contributed by atoms with Crippen LogP contribution in [-0.2, 0) is 10.2 Å². The minimum Gasteiger partial charge on any atom is -0.444 e. The second kappa shape index (κ2) is 8.15. The number of ether oxygens (including phenoxy) is 1. The summed E-state index contributed by atoms with van der Waals surface area (Å²) in [5, 5.41) is 0. The Hall–Kier alpha value is -3.02. The van der Waals surface area contributed by atoms with E-state index < -0.39 is 5.60 Å². The predicted molar refractivity (Wildman–Crippen MR) is 128 cm³/mol. The van der Waals surface area contributed by atoms with Crippen LogP contribution in [0.1, 0.15) is 47.1 Å². The highest BCUT2D eigenvalue weighted by atomic mass is 16.6. The van der Waals surface area contributed by atoms with Crippen molar-refractivity contribution in [2.24, 2.45) is 0 Å². The zero-order valence-corrected chi connectivity index (χ0v) is 19.9. The Labute approximate surface area is 190 Å². The summed E-state index contributed by atoms with van der Waals surface area (Å²) in [6, 6.07) is 14.4. The van der Waals surface area contributed by atoms with E-state index >= 15 is 0 Å². The van der Waals surface area contributed by atoms with Crippen molar-refractivity contribution in [3.8, 4) is 11.5 Å². The van der Waals surface area contributed by atoms with Crippen molar-refractivity contribution in [1.82, 2.24) is 9.88 Å². The van der Waals surface area contributed by atoms with Gasteiger partial charge in [0.2, 0.25) is 5.89 Å². The smallest absolute Gasteiger partial charge is 0.410 e. The molecule has 3 aromatic rings. The number of oxazole rings is 1. The molecule has 1 aromatic heterocycles. The molecule has 0 aliphatic carbocycles. The van der Waals surface area contributed by atoms with Crippen LogP contribution in [0.15, 0.2) is 46.9 Å². The molecule has 2 aromatic carbocycles. The molecule has 0 N–H and O–H groups in total. The van der Waals surface area contributed by atoms with Gasteiger partial charge < -0.3 is 19.0 Å². The molecule has 0 saturated carbocycles. The zero-order chi connectivity index (χ0) is 23.1. The second-order valence-electron chi connectivity index (χ2n) is 10.4. The van der Waals surface area contributed by atoms with E-state index in [9.17, 15) is 4.79 Å². The molecule has 6 heteroatoms. The van der Waals surface area contributed by atoms with E-state index in [1.54, 1.807) is 4.90 Å². The highest BCUT2D eigenvalue weighted by molar-refractivity contribution is 5.89. The summed E-state index contributed by atoms with van der Waals surface area (Å²) in [5.74, 6) is 0.625. The molecule has 0 spiro atoms. The molecular formula is C26H33N3O3. The SMILES string of the molecule is CC(C)(C)OC(=O)N1CCN(c2cccc3oc(-c4ccc(C(C)(C)C)cc4)nc23)CC1. The maximum absolute atomic E-state index is 12.4. The molecule has 0 radical (unpaired) electrons. The summed E-state index contributed by atoms with van der Waals surface area (Å²) >= 11 is 0. The van der Waals surface area contributed by atoms with Gasteiger partial charge in [0.05, 0.1) is 5.69 Å². The molecule has 0 unspecified atom stereocenters. The van der Waals surface area contributed by atoms with Crippen LogP contribution in [-0.4, -0.2) is 47.8 Å². The molecule has 1 aliphatic rings. The van der Waals surface area contributed by atoms with Crippen molar-refractivity contribution in [1.29, 1.82) is 0 Å². The van der Waals surface area contributed by atoms with Crippen LogP contribution in [0.5, 0.6) is 0 Å². The molecule has 1 saturated heterocycles. The van der Waals surface area contributed by atoms with Gasteiger partial charge in [-0.05, 0) is 56.0 Å². The standard InChI is InChI=1S/C26H33N3O3/c1-25(2,3)19-12-10-18(11-13-19)23-27-22-20(8-7-9-21(22)31-23)28-14-16-29(17-15-28)24(30)32-26(4,5)6/h7-13H,14-17H2,1-6H3. The zero-order valence-electron chi connectivity index (χ0n) is 19.9. The molecule has 4 rings (SSSR count). The van der Waals surface area contributed by atoms with Crippen LogP contribution in [0.4, 0.5) is 10.5 Å². The first-order valence-electron chi connectivity index (χ1n) is 11.2. The van der Waals surface area contributed by atoms with Crippen molar-refractivity contribution in [2.45, 2.75) is 52.6 Å². The first-order chi connectivity index (χ1) is 15.0. The van der Waals surface area contributed by atoms with Crippen molar-refractivity contribution in [3.63, 3.8) is 0 Å². The second-order valence-corrected chi connectivity index (χ2v) is 10.4. The van der Waals surface area contributed by atoms with Crippen LogP contribution < -0.4 is 4.90 Å². The molecule has 6 nitrogen and oxygen atoms in total. The lowest BCUT2D eigenvalue weighted by atomic mass is 9.87. The largest absolute Gasteiger partial charge is 0.444 e. The van der Waals surface area contributed by atoms with Gasteiger partial charge in [-0.25, -0.2) is 9.78 Å². The van der Waals surface area contributed by atoms with E-state index in [-0.39, 0.29) is 11.5 Å². The van der Waals surface area contributed by atoms with Gasteiger partial charge in [-0.3, -0.25) is 0 Å². The molecule has 0 atom stereocenters. The van der Waals surface area contributed by atoms with Gasteiger partial charge in [-0.15, -0.1) is 0 Å². The van der Waals surface area contributed by atoms with Gasteiger partial charge in [0.25, 0.3) is 0 Å². The summed E-state index contributed by atoms with van der Waals surface area (Å²) in [7, 11) is 0. The van der Waals surface area contributed by atoms with E-state index in [4.69, 9.17) is 14.1 Å². The number of hydrogen-bond acceptors (Lipinski definition) is 5. The van der Waals surface area contributed by atoms with E-state index in [2.05, 4.69) is 56.0 Å². The number of fused-ring (bicyclic) bond motifs is 1. The number of benzene rings is 2. The number of aromatic nitrogens is 1. The lowest BCUT2D eigenvalue weighted by Crippen LogP contribution is -2.50. The maximum atomic E-state index is 12.4. The van der Waals surface area contributed by atoms with Crippen molar-refractivity contribution >= 4 is 22.9 Å². The lowest BCUT2D eigenvalue weighted by molar-refractivity contribution is 0.0240. The number of hydrogen-bond donors (Lipinski definition) is 0. The monoisotopic (exact) mass is 435 g/mol. The van der Waals surface area contributed by atoms with Crippen LogP contribution in [0.2, 0.25) is 0 Å². The van der Waals surface area contributed by atoms with Gasteiger partial charge in [0.15, 0.2) is 5.58 Å². The van der Waals surface area contributed by atoms with Gasteiger partial charge in [0.1, 0.15) is 11.1 Å². The fourth-order valence-corrected chi connectivity index (χ4v) is 3.88. The Bertz CT molecular complexity index is 1100. The van der Waals surface area contributed by atoms with Crippen molar-refractivity contribution < 1.29 is 13.9 Å². The fraction of sp³-hybridized carbons (Fsp3) is 0.462. The number of anilines is 1. The third-order valence-electron chi connectivity index (χ3n) is 5.67. The van der Waals surface area contributed by atoms with Gasteiger partial charge >= 0.3 is 6.09 Å². The summed E-state index contributed by atoms with van der Waals surface area (Å²) in [6.07, 6.45) is -0.252. The Morgan fingerprint density at radius 3 is 2.19 bits per heavy atom. The third kappa shape index (κ3) is 4.74. The number of carbonyl (C=O) groups is 1. The number of piperazine rings is 1. The fourth-order valence-electron chi connectivity index (χ4n) is 3.88. The summed E-state index contributed by atoms with van der Waals surface area (Å²) < 4.78 is 11.6. The average molecular weight is 436 g/mol. The first-order valence-corrected chi connectivity index (χ1v) is 11.2. The van der Waals surface area contributed by atoms with Gasteiger partial charge in [0, 0.05) is 31.7 Å². The minimum atomic E-state index is -0.484. The summed E-state index contributed by atoms with van der Waals surface area (Å²) in [4.78, 5) is 21.2. The number of rotatable bonds is 2. The Balaban J connectivity index is 1.53. The van der Waals surface area contributed by atoms with E-state index in [1.165, 1.54) is 5.56 Å². The highest BCUT2D eigenvalue weighted by Gasteiger charge is 2.27. The predicted octanol–water partition coefficient (Wildman–Crippen LogP) is 5.85. The highest BCUT2D eigenvalue weighted by Crippen LogP contribution is 2.32. The normalized spacial score (nSPS) is 15.3. The van der Waals surface area contributed by atoms with Crippen LogP contribution >= 0.6 is 0 Å². The number of nitrogens with zero attached hydrogens (tertiary/aromatic N) is 3. The molecular weight excluding hydrogens is 402 g/mol. The van der Waals surface area contributed by atoms with E-state index in [0.29, 0.717) is 19.0 Å². The number of para-hydroxylation sites is 1. The Morgan fingerprint density at radius 1 is 0.938 bits per heavy atom. The van der Waals surface area contributed by atoms with E-state index in [1.807, 2.05) is 32.9 Å². The topological polar surface area (TPSA) is 58.8 Å². The quantitative estimate of drug-likeness (QED) is 0.505. The molecule has 2 heterocycles. The molecule has 170 valence electrons. The summed E-state index contributed by atoms with van der Waals surface area (Å²) in [5.41, 5.74) is 4.53. The van der Waals surface area contributed by atoms with Crippen molar-refractivity contribution in [2.75, 3.05) is 31.1 Å². The Morgan fingerprint density at radius 2 is 1.59 bits per heavy atom. The molecule has 1 amide bonds. The van der Waals surface area contributed by atoms with Crippen molar-refractivity contribution in [3.05, 3.63) is 48.0 Å². The van der Waals surface area contributed by atoms with Crippen LogP contribution in [0.25, 0.3) is 22.6 Å². The van der Waals surface area contributed by atoms with Crippen LogP contribution in [0, 0.1) is 0 Å².